The Kier molecular flexibility index (Phi) is 4.24. The van der Waals surface area contributed by atoms with E-state index in [2.05, 4.69) is 31.9 Å². The summed E-state index contributed by atoms with van der Waals surface area (Å²) in [4.78, 5) is 21.1. The van der Waals surface area contributed by atoms with Crippen molar-refractivity contribution in [1.29, 1.82) is 0 Å². The highest BCUT2D eigenvalue weighted by Crippen LogP contribution is 2.26. The molecule has 0 bridgehead atoms. The Labute approximate surface area is 128 Å². The lowest BCUT2D eigenvalue weighted by molar-refractivity contribution is -0.134. The minimum atomic E-state index is 0.154. The molecule has 1 atom stereocenters. The molecule has 0 aromatic carbocycles. The molecular formula is C15H20BrN3O. The van der Waals surface area contributed by atoms with E-state index in [-0.39, 0.29) is 5.92 Å². The Morgan fingerprint density at radius 1 is 1.20 bits per heavy atom. The molecule has 1 amide bonds. The number of anilines is 1. The van der Waals surface area contributed by atoms with Gasteiger partial charge in [-0.1, -0.05) is 0 Å². The third-order valence-electron chi connectivity index (χ3n) is 4.24. The number of likely N-dealkylation sites (tertiary alicyclic amines) is 1. The van der Waals surface area contributed by atoms with Crippen molar-refractivity contribution in [3.05, 3.63) is 22.9 Å². The van der Waals surface area contributed by atoms with Crippen LogP contribution in [-0.2, 0) is 4.79 Å². The average Bonchev–Trinajstić information content (AvgIpc) is 3.01. The number of carbonyl (C=O) groups is 1. The maximum Gasteiger partial charge on any atom is 0.227 e. The predicted octanol–water partition coefficient (Wildman–Crippen LogP) is 2.68. The maximum absolute atomic E-state index is 12.5. The first kappa shape index (κ1) is 13.9. The number of carbonyl (C=O) groups excluding carboxylic acids is 1. The lowest BCUT2D eigenvalue weighted by Gasteiger charge is -2.35. The van der Waals surface area contributed by atoms with Crippen molar-refractivity contribution in [3.63, 3.8) is 0 Å². The summed E-state index contributed by atoms with van der Waals surface area (Å²) in [5.41, 5.74) is 1.11. The number of halogens is 1. The first-order valence-corrected chi connectivity index (χ1v) is 8.17. The van der Waals surface area contributed by atoms with E-state index in [1.807, 2.05) is 11.1 Å². The monoisotopic (exact) mass is 337 g/mol. The normalized spacial score (nSPS) is 23.1. The van der Waals surface area contributed by atoms with Crippen LogP contribution in [-0.4, -0.2) is 42.0 Å². The fraction of sp³-hybridized carbons (Fsp3) is 0.600. The van der Waals surface area contributed by atoms with E-state index in [0.717, 1.165) is 62.0 Å². The topological polar surface area (TPSA) is 36.4 Å². The van der Waals surface area contributed by atoms with E-state index in [4.69, 9.17) is 0 Å². The van der Waals surface area contributed by atoms with Crippen LogP contribution in [0.1, 0.15) is 25.7 Å². The highest BCUT2D eigenvalue weighted by Gasteiger charge is 2.30. The van der Waals surface area contributed by atoms with E-state index in [1.54, 1.807) is 6.20 Å². The number of rotatable bonds is 2. The van der Waals surface area contributed by atoms with Crippen molar-refractivity contribution in [2.75, 3.05) is 31.1 Å². The second kappa shape index (κ2) is 6.12. The van der Waals surface area contributed by atoms with Gasteiger partial charge in [-0.15, -0.1) is 0 Å². The Morgan fingerprint density at radius 2 is 2.00 bits per heavy atom. The summed E-state index contributed by atoms with van der Waals surface area (Å²) < 4.78 is 0.989. The molecule has 3 heterocycles. The third kappa shape index (κ3) is 2.97. The van der Waals surface area contributed by atoms with Gasteiger partial charge in [-0.05, 0) is 47.7 Å². The molecule has 0 saturated carbocycles. The first-order valence-electron chi connectivity index (χ1n) is 7.38. The zero-order valence-corrected chi connectivity index (χ0v) is 13.2. The van der Waals surface area contributed by atoms with E-state index >= 15 is 0 Å². The number of piperidine rings is 1. The van der Waals surface area contributed by atoms with Crippen LogP contribution in [0.4, 0.5) is 5.69 Å². The SMILES string of the molecule is O=C(C1CCCN(c2cncc(Br)c2)C1)N1CCCC1. The molecule has 2 saturated heterocycles. The number of hydrogen-bond donors (Lipinski definition) is 0. The van der Waals surface area contributed by atoms with Gasteiger partial charge in [0.05, 0.1) is 17.8 Å². The summed E-state index contributed by atoms with van der Waals surface area (Å²) in [6, 6.07) is 2.08. The second-order valence-corrected chi connectivity index (χ2v) is 6.59. The Morgan fingerprint density at radius 3 is 2.75 bits per heavy atom. The van der Waals surface area contributed by atoms with E-state index < -0.39 is 0 Å². The van der Waals surface area contributed by atoms with Crippen LogP contribution in [0.15, 0.2) is 22.9 Å². The van der Waals surface area contributed by atoms with Crippen LogP contribution in [0, 0.1) is 5.92 Å². The van der Waals surface area contributed by atoms with Crippen molar-refractivity contribution in [2.24, 2.45) is 5.92 Å². The van der Waals surface area contributed by atoms with Crippen LogP contribution in [0.2, 0.25) is 0 Å². The molecule has 5 heteroatoms. The highest BCUT2D eigenvalue weighted by atomic mass is 79.9. The summed E-state index contributed by atoms with van der Waals surface area (Å²) >= 11 is 3.46. The summed E-state index contributed by atoms with van der Waals surface area (Å²) in [5, 5.41) is 0. The van der Waals surface area contributed by atoms with E-state index in [1.165, 1.54) is 0 Å². The zero-order chi connectivity index (χ0) is 13.9. The highest BCUT2D eigenvalue weighted by molar-refractivity contribution is 9.10. The van der Waals surface area contributed by atoms with Gasteiger partial charge < -0.3 is 9.80 Å². The van der Waals surface area contributed by atoms with Crippen LogP contribution in [0.5, 0.6) is 0 Å². The molecule has 1 unspecified atom stereocenters. The summed E-state index contributed by atoms with van der Waals surface area (Å²) in [6.45, 7) is 3.75. The Balaban J connectivity index is 1.68. The molecule has 0 N–H and O–H groups in total. The smallest absolute Gasteiger partial charge is 0.227 e. The molecule has 0 radical (unpaired) electrons. The molecule has 2 aliphatic rings. The molecular weight excluding hydrogens is 318 g/mol. The number of aromatic nitrogens is 1. The number of nitrogens with zero attached hydrogens (tertiary/aromatic N) is 3. The molecule has 2 fully saturated rings. The largest absolute Gasteiger partial charge is 0.369 e. The van der Waals surface area contributed by atoms with Gasteiger partial charge in [-0.3, -0.25) is 9.78 Å². The van der Waals surface area contributed by atoms with Crippen LogP contribution in [0.25, 0.3) is 0 Å². The van der Waals surface area contributed by atoms with Crippen molar-refractivity contribution >= 4 is 27.5 Å². The zero-order valence-electron chi connectivity index (χ0n) is 11.6. The van der Waals surface area contributed by atoms with Gasteiger partial charge in [0.2, 0.25) is 5.91 Å². The Hall–Kier alpha value is -1.10. The van der Waals surface area contributed by atoms with E-state index in [0.29, 0.717) is 5.91 Å². The maximum atomic E-state index is 12.5. The molecule has 0 aliphatic carbocycles. The summed E-state index contributed by atoms with van der Waals surface area (Å²) in [5.74, 6) is 0.510. The fourth-order valence-corrected chi connectivity index (χ4v) is 3.54. The number of hydrogen-bond acceptors (Lipinski definition) is 3. The molecule has 2 aliphatic heterocycles. The molecule has 4 nitrogen and oxygen atoms in total. The van der Waals surface area contributed by atoms with Crippen molar-refractivity contribution in [3.8, 4) is 0 Å². The van der Waals surface area contributed by atoms with Gasteiger partial charge in [0.1, 0.15) is 0 Å². The van der Waals surface area contributed by atoms with Gasteiger partial charge in [-0.25, -0.2) is 0 Å². The van der Waals surface area contributed by atoms with Crippen LogP contribution in [0.3, 0.4) is 0 Å². The Bertz CT molecular complexity index is 488. The quantitative estimate of drug-likeness (QED) is 0.832. The van der Waals surface area contributed by atoms with Crippen molar-refractivity contribution in [1.82, 2.24) is 9.88 Å². The van der Waals surface area contributed by atoms with E-state index in [9.17, 15) is 4.79 Å². The van der Waals surface area contributed by atoms with Gasteiger partial charge in [0.25, 0.3) is 0 Å². The van der Waals surface area contributed by atoms with Crippen LogP contribution >= 0.6 is 15.9 Å². The lowest BCUT2D eigenvalue weighted by Crippen LogP contribution is -2.44. The van der Waals surface area contributed by atoms with Crippen molar-refractivity contribution < 1.29 is 4.79 Å². The van der Waals surface area contributed by atoms with Gasteiger partial charge in [0, 0.05) is 36.8 Å². The first-order chi connectivity index (χ1) is 9.74. The molecule has 1 aromatic heterocycles. The van der Waals surface area contributed by atoms with Crippen LogP contribution < -0.4 is 4.90 Å². The average molecular weight is 338 g/mol. The third-order valence-corrected chi connectivity index (χ3v) is 4.68. The van der Waals surface area contributed by atoms with Gasteiger partial charge in [-0.2, -0.15) is 0 Å². The molecule has 108 valence electrons. The molecule has 3 rings (SSSR count). The van der Waals surface area contributed by atoms with Gasteiger partial charge in [0.15, 0.2) is 0 Å². The molecule has 0 spiro atoms. The number of amides is 1. The molecule has 20 heavy (non-hydrogen) atoms. The summed E-state index contributed by atoms with van der Waals surface area (Å²) in [7, 11) is 0. The fourth-order valence-electron chi connectivity index (χ4n) is 3.18. The van der Waals surface area contributed by atoms with Gasteiger partial charge >= 0.3 is 0 Å². The van der Waals surface area contributed by atoms with Crippen molar-refractivity contribution in [2.45, 2.75) is 25.7 Å². The molecule has 1 aromatic rings. The minimum Gasteiger partial charge on any atom is -0.369 e. The lowest BCUT2D eigenvalue weighted by atomic mass is 9.96. The predicted molar refractivity (Wildman–Crippen MR) is 82.7 cm³/mol. The standard InChI is InChI=1S/C15H20BrN3O/c16-13-8-14(10-17-9-13)19-7-3-4-12(11-19)15(20)18-5-1-2-6-18/h8-10,12H,1-7,11H2. The summed E-state index contributed by atoms with van der Waals surface area (Å²) in [6.07, 6.45) is 8.10. The number of pyridine rings is 1. The minimum absolute atomic E-state index is 0.154. The second-order valence-electron chi connectivity index (χ2n) is 5.68.